The van der Waals surface area contributed by atoms with Crippen LogP contribution in [0.2, 0.25) is 0 Å². The van der Waals surface area contributed by atoms with Gasteiger partial charge in [-0.2, -0.15) is 0 Å². The normalized spacial score (nSPS) is 15.5. The summed E-state index contributed by atoms with van der Waals surface area (Å²) in [6.07, 6.45) is 0. The molecule has 0 amide bonds. The van der Waals surface area contributed by atoms with Crippen molar-refractivity contribution in [3.63, 3.8) is 0 Å². The SMILES string of the molecule is O=C(c1ccccc1)c1ccc(N2CCN(Cc3ccc4c(c3)OCO4)CC2)c([N+](=O)[O-])c1. The number of ketones is 1. The van der Waals surface area contributed by atoms with Gasteiger partial charge in [-0.3, -0.25) is 19.8 Å². The van der Waals surface area contributed by atoms with Gasteiger partial charge in [-0.1, -0.05) is 36.4 Å². The molecule has 8 heteroatoms. The van der Waals surface area contributed by atoms with E-state index in [0.717, 1.165) is 36.7 Å². The third-order valence-corrected chi connectivity index (χ3v) is 6.03. The average Bonchev–Trinajstić information content (AvgIpc) is 3.32. The molecule has 1 saturated heterocycles. The molecule has 3 aromatic carbocycles. The fourth-order valence-electron chi connectivity index (χ4n) is 4.28. The van der Waals surface area contributed by atoms with Crippen molar-refractivity contribution >= 4 is 17.2 Å². The van der Waals surface area contributed by atoms with Crippen LogP contribution in [0.15, 0.2) is 66.7 Å². The number of anilines is 1. The van der Waals surface area contributed by atoms with Crippen molar-refractivity contribution in [2.24, 2.45) is 0 Å². The number of nitro groups is 1. The van der Waals surface area contributed by atoms with Crippen molar-refractivity contribution in [3.8, 4) is 11.5 Å². The monoisotopic (exact) mass is 445 g/mol. The second kappa shape index (κ2) is 8.91. The maximum atomic E-state index is 12.7. The highest BCUT2D eigenvalue weighted by atomic mass is 16.7. The molecule has 168 valence electrons. The lowest BCUT2D eigenvalue weighted by molar-refractivity contribution is -0.384. The van der Waals surface area contributed by atoms with Gasteiger partial charge in [-0.25, -0.2) is 0 Å². The number of carbonyl (C=O) groups is 1. The molecule has 0 aromatic heterocycles. The number of nitrogens with zero attached hydrogens (tertiary/aromatic N) is 3. The van der Waals surface area contributed by atoms with Gasteiger partial charge in [0.1, 0.15) is 5.69 Å². The van der Waals surface area contributed by atoms with Crippen molar-refractivity contribution in [2.45, 2.75) is 6.54 Å². The Hall–Kier alpha value is -3.91. The summed E-state index contributed by atoms with van der Waals surface area (Å²) >= 11 is 0. The molecule has 33 heavy (non-hydrogen) atoms. The van der Waals surface area contributed by atoms with E-state index in [1.54, 1.807) is 36.4 Å². The molecule has 0 radical (unpaired) electrons. The van der Waals surface area contributed by atoms with E-state index in [-0.39, 0.29) is 18.3 Å². The fourth-order valence-corrected chi connectivity index (χ4v) is 4.28. The quantitative estimate of drug-likeness (QED) is 0.323. The topological polar surface area (TPSA) is 85.2 Å². The molecule has 5 rings (SSSR count). The number of fused-ring (bicyclic) bond motifs is 1. The zero-order valence-electron chi connectivity index (χ0n) is 18.0. The molecule has 2 aliphatic rings. The molecular formula is C25H23N3O5. The summed E-state index contributed by atoms with van der Waals surface area (Å²) in [4.78, 5) is 28.5. The lowest BCUT2D eigenvalue weighted by Crippen LogP contribution is -2.46. The van der Waals surface area contributed by atoms with Crippen LogP contribution in [0.4, 0.5) is 11.4 Å². The van der Waals surface area contributed by atoms with E-state index in [2.05, 4.69) is 4.90 Å². The van der Waals surface area contributed by atoms with Crippen LogP contribution < -0.4 is 14.4 Å². The van der Waals surface area contributed by atoms with Gasteiger partial charge in [-0.15, -0.1) is 0 Å². The molecule has 2 aliphatic heterocycles. The van der Waals surface area contributed by atoms with Gasteiger partial charge in [0.2, 0.25) is 6.79 Å². The number of ether oxygens (including phenoxy) is 2. The van der Waals surface area contributed by atoms with Gasteiger partial charge in [0.25, 0.3) is 5.69 Å². The van der Waals surface area contributed by atoms with E-state index in [4.69, 9.17) is 9.47 Å². The number of benzene rings is 3. The van der Waals surface area contributed by atoms with Crippen LogP contribution in [0.5, 0.6) is 11.5 Å². The second-order valence-electron chi connectivity index (χ2n) is 8.11. The van der Waals surface area contributed by atoms with Gasteiger partial charge in [-0.05, 0) is 29.8 Å². The number of rotatable bonds is 6. The molecule has 0 aliphatic carbocycles. The summed E-state index contributed by atoms with van der Waals surface area (Å²) in [6.45, 7) is 3.91. The highest BCUT2D eigenvalue weighted by molar-refractivity contribution is 6.09. The maximum Gasteiger partial charge on any atom is 0.293 e. The van der Waals surface area contributed by atoms with E-state index in [0.29, 0.717) is 29.9 Å². The molecule has 0 unspecified atom stereocenters. The summed E-state index contributed by atoms with van der Waals surface area (Å²) in [5, 5.41) is 11.8. The summed E-state index contributed by atoms with van der Waals surface area (Å²) in [5.74, 6) is 1.32. The van der Waals surface area contributed by atoms with Crippen molar-refractivity contribution in [1.82, 2.24) is 4.90 Å². The third kappa shape index (κ3) is 4.38. The fraction of sp³-hybridized carbons (Fsp3) is 0.240. The van der Waals surface area contributed by atoms with Crippen LogP contribution in [0.25, 0.3) is 0 Å². The van der Waals surface area contributed by atoms with Crippen LogP contribution in [0.1, 0.15) is 21.5 Å². The van der Waals surface area contributed by atoms with Gasteiger partial charge < -0.3 is 14.4 Å². The van der Waals surface area contributed by atoms with Crippen LogP contribution in [0, 0.1) is 10.1 Å². The van der Waals surface area contributed by atoms with E-state index in [1.165, 1.54) is 6.07 Å². The summed E-state index contributed by atoms with van der Waals surface area (Å²) in [5.41, 5.74) is 2.48. The minimum Gasteiger partial charge on any atom is -0.454 e. The van der Waals surface area contributed by atoms with Crippen molar-refractivity contribution < 1.29 is 19.2 Å². The lowest BCUT2D eigenvalue weighted by Gasteiger charge is -2.35. The molecule has 0 atom stereocenters. The first-order valence-electron chi connectivity index (χ1n) is 10.8. The largest absolute Gasteiger partial charge is 0.454 e. The van der Waals surface area contributed by atoms with Gasteiger partial charge in [0.15, 0.2) is 17.3 Å². The van der Waals surface area contributed by atoms with Crippen molar-refractivity contribution in [3.05, 3.63) is 93.5 Å². The smallest absolute Gasteiger partial charge is 0.293 e. The van der Waals surface area contributed by atoms with Crippen LogP contribution in [-0.4, -0.2) is 48.6 Å². The van der Waals surface area contributed by atoms with Gasteiger partial charge >= 0.3 is 0 Å². The maximum absolute atomic E-state index is 12.7. The molecular weight excluding hydrogens is 422 g/mol. The molecule has 0 bridgehead atoms. The number of hydrogen-bond donors (Lipinski definition) is 0. The Bertz CT molecular complexity index is 1190. The highest BCUT2D eigenvalue weighted by Crippen LogP contribution is 2.34. The summed E-state index contributed by atoms with van der Waals surface area (Å²) < 4.78 is 10.8. The van der Waals surface area contributed by atoms with Crippen LogP contribution >= 0.6 is 0 Å². The second-order valence-corrected chi connectivity index (χ2v) is 8.11. The average molecular weight is 445 g/mol. The molecule has 0 saturated carbocycles. The minimum absolute atomic E-state index is 0.0407. The predicted octanol–water partition coefficient (Wildman–Crippen LogP) is 3.88. The third-order valence-electron chi connectivity index (χ3n) is 6.03. The number of hydrogen-bond acceptors (Lipinski definition) is 7. The van der Waals surface area contributed by atoms with Gasteiger partial charge in [0, 0.05) is 49.9 Å². The zero-order valence-corrected chi connectivity index (χ0v) is 18.0. The molecule has 8 nitrogen and oxygen atoms in total. The molecule has 0 spiro atoms. The van der Waals surface area contributed by atoms with Gasteiger partial charge in [0.05, 0.1) is 4.92 Å². The standard InChI is InChI=1S/C25H23N3O5/c29-25(19-4-2-1-3-5-19)20-7-8-21(22(15-20)28(30)31)27-12-10-26(11-13-27)16-18-6-9-23-24(14-18)33-17-32-23/h1-9,14-15H,10-13,16-17H2. The number of piperazine rings is 1. The Morgan fingerprint density at radius 1 is 0.879 bits per heavy atom. The first-order valence-corrected chi connectivity index (χ1v) is 10.8. The van der Waals surface area contributed by atoms with E-state index >= 15 is 0 Å². The molecule has 1 fully saturated rings. The lowest BCUT2D eigenvalue weighted by atomic mass is 10.0. The zero-order chi connectivity index (χ0) is 22.8. The van der Waals surface area contributed by atoms with E-state index in [1.807, 2.05) is 29.2 Å². The Morgan fingerprint density at radius 2 is 1.64 bits per heavy atom. The summed E-state index contributed by atoms with van der Waals surface area (Å²) in [7, 11) is 0. The van der Waals surface area contributed by atoms with E-state index in [9.17, 15) is 14.9 Å². The molecule has 2 heterocycles. The van der Waals surface area contributed by atoms with E-state index < -0.39 is 4.92 Å². The van der Waals surface area contributed by atoms with Crippen molar-refractivity contribution in [1.29, 1.82) is 0 Å². The van der Waals surface area contributed by atoms with Crippen LogP contribution in [0.3, 0.4) is 0 Å². The Balaban J connectivity index is 1.28. The van der Waals surface area contributed by atoms with Crippen molar-refractivity contribution in [2.75, 3.05) is 37.9 Å². The number of nitro benzene ring substituents is 1. The molecule has 3 aromatic rings. The first-order chi connectivity index (χ1) is 16.1. The predicted molar refractivity (Wildman–Crippen MR) is 123 cm³/mol. The summed E-state index contributed by atoms with van der Waals surface area (Å²) in [6, 6.07) is 19.5. The first kappa shape index (κ1) is 21.0. The van der Waals surface area contributed by atoms with Crippen LogP contribution in [-0.2, 0) is 6.54 Å². The minimum atomic E-state index is -0.407. The Labute approximate surface area is 191 Å². The Kier molecular flexibility index (Phi) is 5.66. The highest BCUT2D eigenvalue weighted by Gasteiger charge is 2.26. The Morgan fingerprint density at radius 3 is 2.39 bits per heavy atom. The molecule has 0 N–H and O–H groups in total. The number of carbonyl (C=O) groups excluding carboxylic acids is 1.